The molecule has 2 aromatic carbocycles. The molecule has 5 nitrogen and oxygen atoms in total. The van der Waals surface area contributed by atoms with Crippen molar-refractivity contribution < 1.29 is 14.0 Å². The van der Waals surface area contributed by atoms with E-state index in [4.69, 9.17) is 5.73 Å². The molecule has 0 bridgehead atoms. The first kappa shape index (κ1) is 17.9. The zero-order chi connectivity index (χ0) is 16.4. The van der Waals surface area contributed by atoms with E-state index in [2.05, 4.69) is 10.6 Å². The van der Waals surface area contributed by atoms with E-state index in [-0.39, 0.29) is 30.6 Å². The van der Waals surface area contributed by atoms with E-state index in [1.165, 1.54) is 18.2 Å². The van der Waals surface area contributed by atoms with Crippen LogP contribution in [0.2, 0.25) is 0 Å². The number of nitrogens with one attached hydrogen (secondary N) is 2. The first-order valence-electron chi connectivity index (χ1n) is 7.26. The third-order valence-corrected chi connectivity index (χ3v) is 3.80. The van der Waals surface area contributed by atoms with Crippen molar-refractivity contribution in [2.75, 3.05) is 10.6 Å². The van der Waals surface area contributed by atoms with Crippen LogP contribution in [0.25, 0.3) is 0 Å². The second-order valence-corrected chi connectivity index (χ2v) is 5.43. The maximum atomic E-state index is 13.3. The van der Waals surface area contributed by atoms with E-state index in [1.807, 2.05) is 6.07 Å². The normalized spacial score (nSPS) is 15.8. The number of rotatable bonds is 3. The van der Waals surface area contributed by atoms with E-state index in [9.17, 15) is 14.0 Å². The van der Waals surface area contributed by atoms with Crippen molar-refractivity contribution in [1.29, 1.82) is 0 Å². The van der Waals surface area contributed by atoms with E-state index in [0.29, 0.717) is 23.5 Å². The van der Waals surface area contributed by atoms with Crippen LogP contribution in [0.4, 0.5) is 15.8 Å². The first-order valence-corrected chi connectivity index (χ1v) is 7.26. The number of fused-ring (bicyclic) bond motifs is 1. The van der Waals surface area contributed by atoms with Crippen molar-refractivity contribution in [3.05, 3.63) is 59.4 Å². The molecule has 1 aliphatic heterocycles. The number of anilines is 2. The molecule has 0 aromatic heterocycles. The van der Waals surface area contributed by atoms with Crippen LogP contribution in [-0.2, 0) is 16.1 Å². The van der Waals surface area contributed by atoms with Crippen molar-refractivity contribution in [2.45, 2.75) is 18.9 Å². The average Bonchev–Trinajstić information content (AvgIpc) is 2.53. The van der Waals surface area contributed by atoms with E-state index < -0.39 is 11.7 Å². The molecule has 1 aliphatic rings. The molecular formula is C17H17ClFN3O2. The smallest absolute Gasteiger partial charge is 0.232 e. The van der Waals surface area contributed by atoms with Crippen LogP contribution in [-0.4, -0.2) is 11.8 Å². The molecule has 0 radical (unpaired) electrons. The van der Waals surface area contributed by atoms with Crippen LogP contribution in [0.3, 0.4) is 0 Å². The van der Waals surface area contributed by atoms with Crippen molar-refractivity contribution in [3.63, 3.8) is 0 Å². The lowest BCUT2D eigenvalue weighted by molar-refractivity contribution is -0.123. The summed E-state index contributed by atoms with van der Waals surface area (Å²) in [5.74, 6) is -1.72. The molecule has 3 rings (SSSR count). The van der Waals surface area contributed by atoms with Gasteiger partial charge in [0.1, 0.15) is 5.82 Å². The summed E-state index contributed by atoms with van der Waals surface area (Å²) in [5, 5.41) is 5.39. The highest BCUT2D eigenvalue weighted by molar-refractivity contribution is 6.05. The lowest BCUT2D eigenvalue weighted by atomic mass is 9.89. The Morgan fingerprint density at radius 2 is 2.08 bits per heavy atom. The van der Waals surface area contributed by atoms with Gasteiger partial charge in [-0.25, -0.2) is 4.39 Å². The summed E-state index contributed by atoms with van der Waals surface area (Å²) in [5.41, 5.74) is 8.05. The predicted octanol–water partition coefficient (Wildman–Crippen LogP) is 2.77. The summed E-state index contributed by atoms with van der Waals surface area (Å²) in [6.45, 7) is 0.373. The number of benzene rings is 2. The molecular weight excluding hydrogens is 333 g/mol. The summed E-state index contributed by atoms with van der Waals surface area (Å²) in [6, 6.07) is 11.2. The van der Waals surface area contributed by atoms with Crippen LogP contribution >= 0.6 is 12.4 Å². The molecule has 2 amide bonds. The van der Waals surface area contributed by atoms with Crippen molar-refractivity contribution >= 4 is 35.6 Å². The Labute approximate surface area is 144 Å². The van der Waals surface area contributed by atoms with Gasteiger partial charge in [0.15, 0.2) is 0 Å². The van der Waals surface area contributed by atoms with Crippen LogP contribution in [0.1, 0.15) is 23.5 Å². The highest BCUT2D eigenvalue weighted by atomic mass is 35.5. The summed E-state index contributed by atoms with van der Waals surface area (Å²) in [7, 11) is 0. The van der Waals surface area contributed by atoms with E-state index in [1.54, 1.807) is 18.2 Å². The average molecular weight is 350 g/mol. The van der Waals surface area contributed by atoms with Crippen LogP contribution in [0.15, 0.2) is 42.5 Å². The van der Waals surface area contributed by atoms with Gasteiger partial charge in [0.2, 0.25) is 11.8 Å². The van der Waals surface area contributed by atoms with Gasteiger partial charge in [0, 0.05) is 24.3 Å². The zero-order valence-electron chi connectivity index (χ0n) is 12.7. The Balaban J connectivity index is 0.00000208. The first-order chi connectivity index (χ1) is 11.1. The number of carbonyl (C=O) groups is 2. The maximum absolute atomic E-state index is 13.3. The third kappa shape index (κ3) is 3.72. The molecule has 0 spiro atoms. The van der Waals surface area contributed by atoms with Gasteiger partial charge in [-0.3, -0.25) is 9.59 Å². The van der Waals surface area contributed by atoms with E-state index >= 15 is 0 Å². The summed E-state index contributed by atoms with van der Waals surface area (Å²) < 4.78 is 13.3. The monoisotopic (exact) mass is 349 g/mol. The van der Waals surface area contributed by atoms with Crippen molar-refractivity contribution in [3.8, 4) is 0 Å². The number of halogens is 2. The minimum Gasteiger partial charge on any atom is -0.326 e. The Morgan fingerprint density at radius 1 is 1.29 bits per heavy atom. The lowest BCUT2D eigenvalue weighted by Gasteiger charge is -2.25. The quantitative estimate of drug-likeness (QED) is 0.796. The highest BCUT2D eigenvalue weighted by Crippen LogP contribution is 2.33. The molecule has 2 aromatic rings. The Morgan fingerprint density at radius 3 is 2.83 bits per heavy atom. The number of hydrogen-bond acceptors (Lipinski definition) is 3. The molecule has 1 unspecified atom stereocenters. The molecule has 126 valence electrons. The van der Waals surface area contributed by atoms with Crippen LogP contribution in [0, 0.1) is 5.82 Å². The van der Waals surface area contributed by atoms with Gasteiger partial charge in [-0.2, -0.15) is 0 Å². The highest BCUT2D eigenvalue weighted by Gasteiger charge is 2.31. The Hall–Kier alpha value is -2.44. The van der Waals surface area contributed by atoms with Crippen LogP contribution < -0.4 is 16.4 Å². The van der Waals surface area contributed by atoms with E-state index in [0.717, 1.165) is 5.56 Å². The number of hydrogen-bond donors (Lipinski definition) is 3. The minimum atomic E-state index is -0.652. The molecule has 0 saturated carbocycles. The Kier molecular flexibility index (Phi) is 5.54. The fraction of sp³-hybridized carbons (Fsp3) is 0.176. The van der Waals surface area contributed by atoms with Gasteiger partial charge in [0.05, 0.1) is 5.92 Å². The van der Waals surface area contributed by atoms with Crippen LogP contribution in [0.5, 0.6) is 0 Å². The second-order valence-electron chi connectivity index (χ2n) is 5.43. The number of nitrogens with two attached hydrogens (primary N) is 1. The summed E-state index contributed by atoms with van der Waals surface area (Å²) >= 11 is 0. The van der Waals surface area contributed by atoms with Gasteiger partial charge >= 0.3 is 0 Å². The summed E-state index contributed by atoms with van der Waals surface area (Å²) in [4.78, 5) is 24.3. The number of amides is 2. The lowest BCUT2D eigenvalue weighted by Crippen LogP contribution is -2.30. The largest absolute Gasteiger partial charge is 0.326 e. The van der Waals surface area contributed by atoms with Gasteiger partial charge in [-0.15, -0.1) is 12.4 Å². The zero-order valence-corrected chi connectivity index (χ0v) is 13.5. The van der Waals surface area contributed by atoms with Crippen molar-refractivity contribution in [2.24, 2.45) is 5.73 Å². The van der Waals surface area contributed by atoms with Gasteiger partial charge in [-0.1, -0.05) is 18.2 Å². The predicted molar refractivity (Wildman–Crippen MR) is 92.6 cm³/mol. The molecule has 0 saturated heterocycles. The second kappa shape index (κ2) is 7.42. The standard InChI is InChI=1S/C17H16FN3O2.ClH/c18-11-4-5-13-14(8-16(22)21-15(13)7-11)17(23)20-12-3-1-2-10(6-12)9-19;/h1-7,14H,8-9,19H2,(H,20,23)(H,21,22);1H. The third-order valence-electron chi connectivity index (χ3n) is 3.80. The van der Waals surface area contributed by atoms with Gasteiger partial charge < -0.3 is 16.4 Å². The molecule has 0 fully saturated rings. The fourth-order valence-corrected chi connectivity index (χ4v) is 2.68. The molecule has 0 aliphatic carbocycles. The van der Waals surface area contributed by atoms with Gasteiger partial charge in [-0.05, 0) is 35.4 Å². The minimum absolute atomic E-state index is 0. The molecule has 7 heteroatoms. The number of carbonyl (C=O) groups excluding carboxylic acids is 2. The molecule has 1 atom stereocenters. The van der Waals surface area contributed by atoms with Crippen molar-refractivity contribution in [1.82, 2.24) is 0 Å². The summed E-state index contributed by atoms with van der Waals surface area (Å²) in [6.07, 6.45) is 0.0288. The molecule has 1 heterocycles. The Bertz CT molecular complexity index is 782. The topological polar surface area (TPSA) is 84.2 Å². The van der Waals surface area contributed by atoms with Gasteiger partial charge in [0.25, 0.3) is 0 Å². The molecule has 4 N–H and O–H groups in total. The fourth-order valence-electron chi connectivity index (χ4n) is 2.68. The maximum Gasteiger partial charge on any atom is 0.232 e. The SMILES string of the molecule is Cl.NCc1cccc(NC(=O)C2CC(=O)Nc3cc(F)ccc32)c1. The molecule has 24 heavy (non-hydrogen) atoms.